The number of rotatable bonds is 10. The second-order valence-electron chi connectivity index (χ2n) is 6.90. The lowest BCUT2D eigenvalue weighted by Gasteiger charge is -2.30. The fourth-order valence-electron chi connectivity index (χ4n) is 2.55. The minimum atomic E-state index is 0.217. The van der Waals surface area contributed by atoms with Gasteiger partial charge in [0.15, 0.2) is 0 Å². The molecule has 2 nitrogen and oxygen atoms in total. The molecule has 0 fully saturated rings. The van der Waals surface area contributed by atoms with Crippen LogP contribution in [0, 0.1) is 5.92 Å². The minimum absolute atomic E-state index is 0.217. The molecule has 0 aliphatic rings. The Balaban J connectivity index is 2.31. The first kappa shape index (κ1) is 18.0. The standard InChI is InChI=1S/C19H34N2/c1-6-17(7-2)15-20-19(4,5)14-13-16(3)21-18-11-9-8-10-12-18/h8-12,16-17,20-21H,6-7,13-15H2,1-5H3. The molecule has 1 rings (SSSR count). The molecule has 21 heavy (non-hydrogen) atoms. The first-order valence-corrected chi connectivity index (χ1v) is 8.53. The number of hydrogen-bond donors (Lipinski definition) is 2. The predicted octanol–water partition coefficient (Wildman–Crippen LogP) is 5.07. The van der Waals surface area contributed by atoms with Gasteiger partial charge in [-0.25, -0.2) is 0 Å². The van der Waals surface area contributed by atoms with Gasteiger partial charge in [0.1, 0.15) is 0 Å². The van der Waals surface area contributed by atoms with Crippen LogP contribution in [0.15, 0.2) is 30.3 Å². The average Bonchev–Trinajstić information content (AvgIpc) is 2.47. The highest BCUT2D eigenvalue weighted by Crippen LogP contribution is 2.17. The molecule has 1 aromatic rings. The lowest BCUT2D eigenvalue weighted by atomic mass is 9.94. The van der Waals surface area contributed by atoms with Crippen molar-refractivity contribution in [2.45, 2.75) is 71.9 Å². The quantitative estimate of drug-likeness (QED) is 0.628. The van der Waals surface area contributed by atoms with Crippen molar-refractivity contribution in [2.24, 2.45) is 5.92 Å². The lowest BCUT2D eigenvalue weighted by molar-refractivity contribution is 0.311. The second kappa shape index (κ2) is 9.09. The molecule has 0 aromatic heterocycles. The first-order chi connectivity index (χ1) is 9.96. The maximum absolute atomic E-state index is 3.75. The number of nitrogens with one attached hydrogen (secondary N) is 2. The molecule has 120 valence electrons. The first-order valence-electron chi connectivity index (χ1n) is 8.53. The van der Waals surface area contributed by atoms with Crippen LogP contribution in [0.1, 0.15) is 60.3 Å². The van der Waals surface area contributed by atoms with E-state index in [0.717, 1.165) is 12.5 Å². The highest BCUT2D eigenvalue weighted by atomic mass is 15.0. The van der Waals surface area contributed by atoms with Crippen LogP contribution < -0.4 is 10.6 Å². The summed E-state index contributed by atoms with van der Waals surface area (Å²) in [5, 5.41) is 7.33. The van der Waals surface area contributed by atoms with Crippen LogP contribution >= 0.6 is 0 Å². The highest BCUT2D eigenvalue weighted by molar-refractivity contribution is 5.43. The van der Waals surface area contributed by atoms with E-state index >= 15 is 0 Å². The topological polar surface area (TPSA) is 24.1 Å². The van der Waals surface area contributed by atoms with Gasteiger partial charge in [0, 0.05) is 17.3 Å². The number of anilines is 1. The van der Waals surface area contributed by atoms with Gasteiger partial charge in [-0.05, 0) is 58.2 Å². The van der Waals surface area contributed by atoms with Crippen LogP contribution in [0.3, 0.4) is 0 Å². The van der Waals surface area contributed by atoms with E-state index in [0.29, 0.717) is 6.04 Å². The van der Waals surface area contributed by atoms with E-state index in [1.807, 2.05) is 0 Å². The summed E-state index contributed by atoms with van der Waals surface area (Å²) in [6.07, 6.45) is 4.91. The van der Waals surface area contributed by atoms with Crippen molar-refractivity contribution in [1.29, 1.82) is 0 Å². The van der Waals surface area contributed by atoms with Gasteiger partial charge in [-0.1, -0.05) is 44.9 Å². The zero-order chi connectivity index (χ0) is 15.7. The van der Waals surface area contributed by atoms with Crippen molar-refractivity contribution in [3.05, 3.63) is 30.3 Å². The molecule has 0 saturated carbocycles. The van der Waals surface area contributed by atoms with E-state index in [1.54, 1.807) is 0 Å². The third-order valence-electron chi connectivity index (χ3n) is 4.41. The summed E-state index contributed by atoms with van der Waals surface area (Å²) < 4.78 is 0. The van der Waals surface area contributed by atoms with Gasteiger partial charge in [0.25, 0.3) is 0 Å². The molecule has 0 radical (unpaired) electrons. The normalized spacial score (nSPS) is 13.4. The van der Waals surface area contributed by atoms with Gasteiger partial charge < -0.3 is 10.6 Å². The van der Waals surface area contributed by atoms with Crippen LogP contribution in [0.25, 0.3) is 0 Å². The summed E-state index contributed by atoms with van der Waals surface area (Å²) in [5.41, 5.74) is 1.43. The average molecular weight is 290 g/mol. The van der Waals surface area contributed by atoms with Gasteiger partial charge in [0.05, 0.1) is 0 Å². The fraction of sp³-hybridized carbons (Fsp3) is 0.684. The van der Waals surface area contributed by atoms with Crippen molar-refractivity contribution < 1.29 is 0 Å². The largest absolute Gasteiger partial charge is 0.383 e. The second-order valence-corrected chi connectivity index (χ2v) is 6.90. The Hall–Kier alpha value is -1.02. The minimum Gasteiger partial charge on any atom is -0.383 e. The number of benzene rings is 1. The Morgan fingerprint density at radius 3 is 2.24 bits per heavy atom. The SMILES string of the molecule is CCC(CC)CNC(C)(C)CCC(C)Nc1ccccc1. The zero-order valence-corrected chi connectivity index (χ0v) is 14.6. The molecular weight excluding hydrogens is 256 g/mol. The molecule has 0 heterocycles. The Bertz CT molecular complexity index is 368. The van der Waals surface area contributed by atoms with Gasteiger partial charge >= 0.3 is 0 Å². The van der Waals surface area contributed by atoms with Crippen molar-refractivity contribution in [1.82, 2.24) is 5.32 Å². The van der Waals surface area contributed by atoms with Gasteiger partial charge in [0.2, 0.25) is 0 Å². The van der Waals surface area contributed by atoms with E-state index < -0.39 is 0 Å². The van der Waals surface area contributed by atoms with Crippen molar-refractivity contribution >= 4 is 5.69 Å². The maximum Gasteiger partial charge on any atom is 0.0342 e. The monoisotopic (exact) mass is 290 g/mol. The molecule has 0 aliphatic heterocycles. The number of hydrogen-bond acceptors (Lipinski definition) is 2. The molecule has 2 heteroatoms. The van der Waals surface area contributed by atoms with E-state index in [4.69, 9.17) is 0 Å². The Morgan fingerprint density at radius 2 is 1.67 bits per heavy atom. The molecule has 0 spiro atoms. The Morgan fingerprint density at radius 1 is 1.05 bits per heavy atom. The third-order valence-corrected chi connectivity index (χ3v) is 4.41. The highest BCUT2D eigenvalue weighted by Gasteiger charge is 2.19. The molecule has 0 amide bonds. The molecule has 2 N–H and O–H groups in total. The smallest absolute Gasteiger partial charge is 0.0342 e. The van der Waals surface area contributed by atoms with Gasteiger partial charge in [-0.2, -0.15) is 0 Å². The molecular formula is C19H34N2. The molecule has 0 saturated heterocycles. The van der Waals surface area contributed by atoms with E-state index in [1.165, 1.54) is 31.4 Å². The van der Waals surface area contributed by atoms with Crippen LogP contribution in [0.4, 0.5) is 5.69 Å². The molecule has 1 atom stereocenters. The Labute approximate surface area is 131 Å². The summed E-state index contributed by atoms with van der Waals surface area (Å²) >= 11 is 0. The van der Waals surface area contributed by atoms with E-state index in [9.17, 15) is 0 Å². The third kappa shape index (κ3) is 7.52. The summed E-state index contributed by atoms with van der Waals surface area (Å²) in [7, 11) is 0. The maximum atomic E-state index is 3.75. The fourth-order valence-corrected chi connectivity index (χ4v) is 2.55. The van der Waals surface area contributed by atoms with Crippen LogP contribution in [-0.4, -0.2) is 18.1 Å². The van der Waals surface area contributed by atoms with Gasteiger partial charge in [-0.3, -0.25) is 0 Å². The molecule has 1 aromatic carbocycles. The van der Waals surface area contributed by atoms with Crippen LogP contribution in [0.5, 0.6) is 0 Å². The van der Waals surface area contributed by atoms with Crippen LogP contribution in [0.2, 0.25) is 0 Å². The summed E-state index contributed by atoms with van der Waals surface area (Å²) in [6, 6.07) is 11.0. The zero-order valence-electron chi connectivity index (χ0n) is 14.6. The Kier molecular flexibility index (Phi) is 7.81. The summed E-state index contributed by atoms with van der Waals surface area (Å²) in [5.74, 6) is 0.809. The van der Waals surface area contributed by atoms with E-state index in [-0.39, 0.29) is 5.54 Å². The van der Waals surface area contributed by atoms with Crippen molar-refractivity contribution in [3.63, 3.8) is 0 Å². The lowest BCUT2D eigenvalue weighted by Crippen LogP contribution is -2.42. The van der Waals surface area contributed by atoms with Crippen molar-refractivity contribution in [2.75, 3.05) is 11.9 Å². The molecule has 0 bridgehead atoms. The number of para-hydroxylation sites is 1. The van der Waals surface area contributed by atoms with Crippen LogP contribution in [-0.2, 0) is 0 Å². The van der Waals surface area contributed by atoms with Crippen molar-refractivity contribution in [3.8, 4) is 0 Å². The predicted molar refractivity (Wildman–Crippen MR) is 94.9 cm³/mol. The summed E-state index contributed by atoms with van der Waals surface area (Å²) in [6.45, 7) is 12.6. The molecule has 0 aliphatic carbocycles. The van der Waals surface area contributed by atoms with E-state index in [2.05, 4.69) is 75.6 Å². The van der Waals surface area contributed by atoms with Gasteiger partial charge in [-0.15, -0.1) is 0 Å². The summed E-state index contributed by atoms with van der Waals surface area (Å²) in [4.78, 5) is 0. The molecule has 1 unspecified atom stereocenters.